The topological polar surface area (TPSA) is 55.2 Å². The maximum absolute atomic E-state index is 12.4. The Morgan fingerprint density at radius 1 is 1.32 bits per heavy atom. The first kappa shape index (κ1) is 16.5. The summed E-state index contributed by atoms with van der Waals surface area (Å²) in [6.45, 7) is 10.9. The van der Waals surface area contributed by atoms with Crippen molar-refractivity contribution in [1.29, 1.82) is 0 Å². The Balaban J connectivity index is 2.09. The van der Waals surface area contributed by atoms with E-state index < -0.39 is 0 Å². The van der Waals surface area contributed by atoms with Crippen molar-refractivity contribution in [2.75, 3.05) is 13.1 Å². The maximum atomic E-state index is 12.4. The van der Waals surface area contributed by atoms with E-state index in [-0.39, 0.29) is 17.7 Å². The van der Waals surface area contributed by atoms with E-state index in [0.29, 0.717) is 18.5 Å². The second-order valence-electron chi connectivity index (χ2n) is 6.24. The molecule has 0 spiro atoms. The second-order valence-corrected chi connectivity index (χ2v) is 6.24. The summed E-state index contributed by atoms with van der Waals surface area (Å²) in [4.78, 5) is 26.0. The van der Waals surface area contributed by atoms with Crippen LogP contribution in [0.15, 0.2) is 11.6 Å². The number of ketones is 1. The molecule has 1 unspecified atom stereocenters. The van der Waals surface area contributed by atoms with E-state index in [1.807, 2.05) is 30.4 Å². The Kier molecular flexibility index (Phi) is 4.84. The van der Waals surface area contributed by atoms with Crippen molar-refractivity contribution >= 4 is 11.7 Å². The van der Waals surface area contributed by atoms with Crippen LogP contribution >= 0.6 is 0 Å². The molecule has 0 fully saturated rings. The summed E-state index contributed by atoms with van der Waals surface area (Å²) in [7, 11) is 0. The van der Waals surface area contributed by atoms with E-state index >= 15 is 0 Å². The van der Waals surface area contributed by atoms with Crippen LogP contribution in [0.4, 0.5) is 0 Å². The van der Waals surface area contributed by atoms with Gasteiger partial charge in [-0.1, -0.05) is 11.6 Å². The smallest absolute Gasteiger partial charge is 0.225 e. The highest BCUT2D eigenvalue weighted by Gasteiger charge is 2.23. The van der Waals surface area contributed by atoms with E-state index in [9.17, 15) is 9.59 Å². The molecule has 1 aliphatic heterocycles. The van der Waals surface area contributed by atoms with Gasteiger partial charge in [-0.25, -0.2) is 0 Å². The van der Waals surface area contributed by atoms with E-state index in [2.05, 4.69) is 18.1 Å². The molecule has 5 nitrogen and oxygen atoms in total. The minimum Gasteiger partial charge on any atom is -0.339 e. The standard InChI is InChI=1S/C17H25N3O2/c1-11-6-8-19(9-7-11)16(22)10-12(2)20-14(4)17(15(5)21)13(3)18-20/h6,12H,7-10H2,1-5H3. The lowest BCUT2D eigenvalue weighted by Gasteiger charge is -2.27. The van der Waals surface area contributed by atoms with E-state index in [1.165, 1.54) is 5.57 Å². The number of amides is 1. The second kappa shape index (κ2) is 6.46. The minimum absolute atomic E-state index is 0.0245. The average Bonchev–Trinajstić information content (AvgIpc) is 2.74. The van der Waals surface area contributed by atoms with Gasteiger partial charge in [0.1, 0.15) is 0 Å². The number of nitrogens with zero attached hydrogens (tertiary/aromatic N) is 3. The van der Waals surface area contributed by atoms with Crippen LogP contribution in [0.25, 0.3) is 0 Å². The maximum Gasteiger partial charge on any atom is 0.225 e. The molecule has 1 aromatic heterocycles. The molecule has 2 rings (SSSR count). The van der Waals surface area contributed by atoms with Gasteiger partial charge in [-0.2, -0.15) is 5.10 Å². The number of carbonyl (C=O) groups excluding carboxylic acids is 2. The Labute approximate surface area is 132 Å². The fourth-order valence-electron chi connectivity index (χ4n) is 3.07. The van der Waals surface area contributed by atoms with Gasteiger partial charge in [-0.15, -0.1) is 0 Å². The van der Waals surface area contributed by atoms with E-state index in [0.717, 1.165) is 24.4 Å². The number of hydrogen-bond donors (Lipinski definition) is 0. The number of rotatable bonds is 4. The first-order valence-electron chi connectivity index (χ1n) is 7.81. The molecule has 0 aliphatic carbocycles. The van der Waals surface area contributed by atoms with Crippen molar-refractivity contribution in [2.24, 2.45) is 0 Å². The van der Waals surface area contributed by atoms with Crippen LogP contribution < -0.4 is 0 Å². The number of Topliss-reactive ketones (excluding diaryl/α,β-unsaturated/α-hetero) is 1. The summed E-state index contributed by atoms with van der Waals surface area (Å²) in [5.74, 6) is 0.171. The molecule has 1 amide bonds. The third-order valence-electron chi connectivity index (χ3n) is 4.35. The van der Waals surface area contributed by atoms with Crippen LogP contribution in [0.2, 0.25) is 0 Å². The van der Waals surface area contributed by atoms with Crippen molar-refractivity contribution in [2.45, 2.75) is 53.5 Å². The highest BCUT2D eigenvalue weighted by atomic mass is 16.2. The highest BCUT2D eigenvalue weighted by molar-refractivity contribution is 5.96. The van der Waals surface area contributed by atoms with Gasteiger partial charge in [0.25, 0.3) is 0 Å². The molecular formula is C17H25N3O2. The van der Waals surface area contributed by atoms with Crippen molar-refractivity contribution < 1.29 is 9.59 Å². The third-order valence-corrected chi connectivity index (χ3v) is 4.35. The molecule has 2 heterocycles. The zero-order chi connectivity index (χ0) is 16.4. The zero-order valence-corrected chi connectivity index (χ0v) is 14.1. The first-order chi connectivity index (χ1) is 10.3. The van der Waals surface area contributed by atoms with E-state index in [1.54, 1.807) is 6.92 Å². The van der Waals surface area contributed by atoms with Crippen molar-refractivity contribution in [1.82, 2.24) is 14.7 Å². The van der Waals surface area contributed by atoms with Gasteiger partial charge in [0.2, 0.25) is 5.91 Å². The predicted molar refractivity (Wildman–Crippen MR) is 86.0 cm³/mol. The lowest BCUT2D eigenvalue weighted by atomic mass is 10.1. The Morgan fingerprint density at radius 2 is 2.00 bits per heavy atom. The molecule has 0 saturated carbocycles. The number of carbonyl (C=O) groups is 2. The monoisotopic (exact) mass is 303 g/mol. The average molecular weight is 303 g/mol. The van der Waals surface area contributed by atoms with Crippen LogP contribution in [-0.4, -0.2) is 39.5 Å². The molecule has 120 valence electrons. The fourth-order valence-corrected chi connectivity index (χ4v) is 3.07. The van der Waals surface area contributed by atoms with Gasteiger partial charge in [0.05, 0.1) is 17.3 Å². The minimum atomic E-state index is -0.0497. The predicted octanol–water partition coefficient (Wildman–Crippen LogP) is 2.83. The van der Waals surface area contributed by atoms with Crippen molar-refractivity contribution in [3.8, 4) is 0 Å². The van der Waals surface area contributed by atoms with Gasteiger partial charge >= 0.3 is 0 Å². The lowest BCUT2D eigenvalue weighted by Crippen LogP contribution is -2.35. The third kappa shape index (κ3) is 3.29. The summed E-state index contributed by atoms with van der Waals surface area (Å²) in [5.41, 5.74) is 3.61. The van der Waals surface area contributed by atoms with E-state index in [4.69, 9.17) is 0 Å². The molecule has 0 bridgehead atoms. The van der Waals surface area contributed by atoms with Crippen LogP contribution in [0.3, 0.4) is 0 Å². The summed E-state index contributed by atoms with van der Waals surface area (Å²) in [5, 5.41) is 4.45. The van der Waals surface area contributed by atoms with Crippen LogP contribution in [-0.2, 0) is 4.79 Å². The summed E-state index contributed by atoms with van der Waals surface area (Å²) >= 11 is 0. The first-order valence-corrected chi connectivity index (χ1v) is 7.81. The number of hydrogen-bond acceptors (Lipinski definition) is 3. The summed E-state index contributed by atoms with van der Waals surface area (Å²) in [6.07, 6.45) is 3.48. The molecule has 1 aromatic rings. The molecule has 22 heavy (non-hydrogen) atoms. The van der Waals surface area contributed by atoms with Crippen molar-refractivity contribution in [3.05, 3.63) is 28.6 Å². The molecular weight excluding hydrogens is 278 g/mol. The molecule has 1 aliphatic rings. The Bertz CT molecular complexity index is 628. The lowest BCUT2D eigenvalue weighted by molar-refractivity contribution is -0.131. The molecule has 1 atom stereocenters. The fraction of sp³-hybridized carbons (Fsp3) is 0.588. The molecule has 0 aromatic carbocycles. The molecule has 0 N–H and O–H groups in total. The normalized spacial score (nSPS) is 16.4. The number of aromatic nitrogens is 2. The van der Waals surface area contributed by atoms with Gasteiger partial charge in [-0.05, 0) is 41.0 Å². The molecule has 0 radical (unpaired) electrons. The zero-order valence-electron chi connectivity index (χ0n) is 14.1. The largest absolute Gasteiger partial charge is 0.339 e. The quantitative estimate of drug-likeness (QED) is 0.635. The number of aryl methyl sites for hydroxylation is 1. The van der Waals surface area contributed by atoms with Gasteiger partial charge in [0.15, 0.2) is 5.78 Å². The summed E-state index contributed by atoms with van der Waals surface area (Å²) < 4.78 is 1.81. The highest BCUT2D eigenvalue weighted by Crippen LogP contribution is 2.21. The Hall–Kier alpha value is -1.91. The van der Waals surface area contributed by atoms with Crippen LogP contribution in [0.1, 0.15) is 61.4 Å². The van der Waals surface area contributed by atoms with Gasteiger partial charge in [0, 0.05) is 25.2 Å². The molecule has 5 heteroatoms. The molecule has 0 saturated heterocycles. The van der Waals surface area contributed by atoms with Crippen LogP contribution in [0.5, 0.6) is 0 Å². The SMILES string of the molecule is CC(=O)c1c(C)nn(C(C)CC(=O)N2CC=C(C)CC2)c1C. The Morgan fingerprint density at radius 3 is 2.50 bits per heavy atom. The van der Waals surface area contributed by atoms with Crippen molar-refractivity contribution in [3.63, 3.8) is 0 Å². The van der Waals surface area contributed by atoms with Gasteiger partial charge < -0.3 is 4.90 Å². The van der Waals surface area contributed by atoms with Gasteiger partial charge in [-0.3, -0.25) is 14.3 Å². The summed E-state index contributed by atoms with van der Waals surface area (Å²) in [6, 6.07) is -0.0497. The van der Waals surface area contributed by atoms with Crippen LogP contribution in [0, 0.1) is 13.8 Å².